The third-order valence-electron chi connectivity index (χ3n) is 4.27. The average molecular weight is 321 g/mol. The Morgan fingerprint density at radius 3 is 2.00 bits per heavy atom. The summed E-state index contributed by atoms with van der Waals surface area (Å²) >= 11 is 0. The van der Waals surface area contributed by atoms with Gasteiger partial charge in [-0.2, -0.15) is 0 Å². The second-order valence-corrected chi connectivity index (χ2v) is 6.64. The third-order valence-corrected chi connectivity index (χ3v) is 4.27. The van der Waals surface area contributed by atoms with E-state index in [2.05, 4.69) is 13.8 Å². The van der Waals surface area contributed by atoms with Gasteiger partial charge in [0.2, 0.25) is 0 Å². The van der Waals surface area contributed by atoms with Crippen molar-refractivity contribution in [1.82, 2.24) is 0 Å². The maximum absolute atomic E-state index is 11.6. The van der Waals surface area contributed by atoms with E-state index < -0.39 is 10.9 Å². The first-order valence-corrected chi connectivity index (χ1v) is 7.98. The Morgan fingerprint density at radius 2 is 1.65 bits per heavy atom. The number of carbonyl (C=O) groups excluding carboxylic acids is 1. The smallest absolute Gasteiger partial charge is 0.338 e. The molecule has 0 heterocycles. The topological polar surface area (TPSA) is 89.7 Å². The molecule has 0 saturated heterocycles. The summed E-state index contributed by atoms with van der Waals surface area (Å²) in [6.07, 6.45) is 3.91. The Hall–Kier alpha value is -1.95. The maximum Gasteiger partial charge on any atom is 0.338 e. The number of nitro benzene ring substituents is 1. The fourth-order valence-corrected chi connectivity index (χ4v) is 2.72. The van der Waals surface area contributed by atoms with E-state index in [4.69, 9.17) is 9.84 Å². The van der Waals surface area contributed by atoms with Crippen LogP contribution in [0.15, 0.2) is 24.3 Å². The number of nitro groups is 1. The molecule has 6 nitrogen and oxygen atoms in total. The molecule has 0 unspecified atom stereocenters. The molecule has 0 atom stereocenters. The fraction of sp³-hybridized carbons (Fsp3) is 0.588. The standard InChI is InChI=1S/C12H13NO4.C5H10O/c1-8-6-11(7-8)17-12(14)9-2-4-10(5-3-9)13(15)16;1-4-2-5(6)3-4/h2-5,8,11H,6-7H2,1H3;4-6H,2-3H2,1H3. The van der Waals surface area contributed by atoms with Crippen LogP contribution in [0.3, 0.4) is 0 Å². The van der Waals surface area contributed by atoms with E-state index in [1.54, 1.807) is 0 Å². The Bertz CT molecular complexity index is 539. The second-order valence-electron chi connectivity index (χ2n) is 6.64. The van der Waals surface area contributed by atoms with Gasteiger partial charge in [0.25, 0.3) is 5.69 Å². The molecule has 1 aromatic rings. The first kappa shape index (κ1) is 17.4. The van der Waals surface area contributed by atoms with Gasteiger partial charge < -0.3 is 9.84 Å². The number of aliphatic hydroxyl groups is 1. The molecule has 1 N–H and O–H groups in total. The lowest BCUT2D eigenvalue weighted by Crippen LogP contribution is -2.31. The number of ether oxygens (including phenoxy) is 1. The number of benzene rings is 1. The summed E-state index contributed by atoms with van der Waals surface area (Å²) in [5, 5.41) is 19.1. The number of carbonyl (C=O) groups is 1. The number of rotatable bonds is 3. The van der Waals surface area contributed by atoms with Crippen molar-refractivity contribution in [3.8, 4) is 0 Å². The minimum atomic E-state index is -0.497. The number of nitrogens with zero attached hydrogens (tertiary/aromatic N) is 1. The molecular weight excluding hydrogens is 298 g/mol. The predicted octanol–water partition coefficient (Wildman–Crippen LogP) is 3.33. The molecule has 2 aliphatic rings. The van der Waals surface area contributed by atoms with Crippen LogP contribution in [-0.2, 0) is 4.74 Å². The first-order chi connectivity index (χ1) is 10.8. The van der Waals surface area contributed by atoms with Crippen molar-refractivity contribution in [3.05, 3.63) is 39.9 Å². The molecule has 0 radical (unpaired) electrons. The van der Waals surface area contributed by atoms with Crippen LogP contribution in [0.1, 0.15) is 49.9 Å². The van der Waals surface area contributed by atoms with Gasteiger partial charge in [0.05, 0.1) is 16.6 Å². The van der Waals surface area contributed by atoms with Crippen LogP contribution in [0, 0.1) is 22.0 Å². The number of non-ortho nitro benzene ring substituents is 1. The van der Waals surface area contributed by atoms with Gasteiger partial charge in [0, 0.05) is 12.1 Å². The fourth-order valence-electron chi connectivity index (χ4n) is 2.72. The van der Waals surface area contributed by atoms with Gasteiger partial charge in [0.1, 0.15) is 6.10 Å². The number of aliphatic hydroxyl groups excluding tert-OH is 1. The Labute approximate surface area is 135 Å². The summed E-state index contributed by atoms with van der Waals surface area (Å²) in [6, 6.07) is 5.45. The Kier molecular flexibility index (Phi) is 5.71. The molecule has 0 spiro atoms. The molecule has 0 amide bonds. The van der Waals surface area contributed by atoms with Gasteiger partial charge in [-0.1, -0.05) is 13.8 Å². The Balaban J connectivity index is 0.000000268. The van der Waals surface area contributed by atoms with Crippen LogP contribution in [0.25, 0.3) is 0 Å². The van der Waals surface area contributed by atoms with Gasteiger partial charge in [0.15, 0.2) is 0 Å². The molecule has 1 aromatic carbocycles. The number of hydrogen-bond acceptors (Lipinski definition) is 5. The zero-order valence-corrected chi connectivity index (χ0v) is 13.5. The van der Waals surface area contributed by atoms with E-state index in [1.165, 1.54) is 24.3 Å². The maximum atomic E-state index is 11.6. The number of esters is 1. The van der Waals surface area contributed by atoms with Crippen molar-refractivity contribution in [3.63, 3.8) is 0 Å². The van der Waals surface area contributed by atoms with Crippen LogP contribution < -0.4 is 0 Å². The lowest BCUT2D eigenvalue weighted by molar-refractivity contribution is -0.384. The van der Waals surface area contributed by atoms with Crippen LogP contribution in [0.2, 0.25) is 0 Å². The highest BCUT2D eigenvalue weighted by atomic mass is 16.6. The van der Waals surface area contributed by atoms with Crippen molar-refractivity contribution in [2.24, 2.45) is 11.8 Å². The van der Waals surface area contributed by atoms with Crippen molar-refractivity contribution in [2.75, 3.05) is 0 Å². The zero-order chi connectivity index (χ0) is 17.0. The highest BCUT2D eigenvalue weighted by Gasteiger charge is 2.29. The molecule has 2 aliphatic carbocycles. The predicted molar refractivity (Wildman–Crippen MR) is 85.1 cm³/mol. The van der Waals surface area contributed by atoms with E-state index in [0.717, 1.165) is 31.6 Å². The highest BCUT2D eigenvalue weighted by Crippen LogP contribution is 2.30. The van der Waals surface area contributed by atoms with Crippen molar-refractivity contribution in [1.29, 1.82) is 0 Å². The van der Waals surface area contributed by atoms with Crippen molar-refractivity contribution in [2.45, 2.75) is 51.7 Å². The van der Waals surface area contributed by atoms with Crippen molar-refractivity contribution >= 4 is 11.7 Å². The minimum Gasteiger partial charge on any atom is -0.459 e. The molecule has 2 saturated carbocycles. The summed E-state index contributed by atoms with van der Waals surface area (Å²) in [7, 11) is 0. The highest BCUT2D eigenvalue weighted by molar-refractivity contribution is 5.89. The van der Waals surface area contributed by atoms with E-state index >= 15 is 0 Å². The SMILES string of the molecule is CC1CC(O)C1.CC1CC(OC(=O)c2ccc([N+](=O)[O-])cc2)C1. The number of hydrogen-bond donors (Lipinski definition) is 1. The van der Waals surface area contributed by atoms with E-state index in [9.17, 15) is 14.9 Å². The van der Waals surface area contributed by atoms with Gasteiger partial charge in [-0.15, -0.1) is 0 Å². The van der Waals surface area contributed by atoms with Crippen LogP contribution in [0.4, 0.5) is 5.69 Å². The van der Waals surface area contributed by atoms with Crippen LogP contribution in [-0.4, -0.2) is 28.2 Å². The summed E-state index contributed by atoms with van der Waals surface area (Å²) in [5.41, 5.74) is 0.328. The zero-order valence-electron chi connectivity index (χ0n) is 13.5. The molecule has 0 aromatic heterocycles. The van der Waals surface area contributed by atoms with Crippen LogP contribution >= 0.6 is 0 Å². The lowest BCUT2D eigenvalue weighted by Gasteiger charge is -2.31. The summed E-state index contributed by atoms with van der Waals surface area (Å²) in [5.74, 6) is 1.00. The Morgan fingerprint density at radius 1 is 1.13 bits per heavy atom. The van der Waals surface area contributed by atoms with E-state index in [-0.39, 0.29) is 17.9 Å². The third kappa shape index (κ3) is 5.03. The molecule has 3 rings (SSSR count). The van der Waals surface area contributed by atoms with Gasteiger partial charge in [-0.3, -0.25) is 10.1 Å². The van der Waals surface area contributed by atoms with Gasteiger partial charge in [-0.05, 0) is 49.7 Å². The average Bonchev–Trinajstić information content (AvgIpc) is 2.45. The lowest BCUT2D eigenvalue weighted by atomic mass is 9.84. The molecule has 23 heavy (non-hydrogen) atoms. The van der Waals surface area contributed by atoms with Gasteiger partial charge >= 0.3 is 5.97 Å². The summed E-state index contributed by atoms with van der Waals surface area (Å²) in [6.45, 7) is 4.27. The molecule has 0 aliphatic heterocycles. The second kappa shape index (κ2) is 7.55. The molecule has 6 heteroatoms. The largest absolute Gasteiger partial charge is 0.459 e. The molecule has 126 valence electrons. The van der Waals surface area contributed by atoms with E-state index in [0.29, 0.717) is 11.5 Å². The van der Waals surface area contributed by atoms with E-state index in [1.807, 2.05) is 0 Å². The molecule has 2 fully saturated rings. The summed E-state index contributed by atoms with van der Waals surface area (Å²) < 4.78 is 5.23. The quantitative estimate of drug-likeness (QED) is 0.524. The van der Waals surface area contributed by atoms with Crippen LogP contribution in [0.5, 0.6) is 0 Å². The van der Waals surface area contributed by atoms with Crippen molar-refractivity contribution < 1.29 is 19.6 Å². The normalized spacial score (nSPS) is 28.5. The summed E-state index contributed by atoms with van der Waals surface area (Å²) in [4.78, 5) is 21.6. The van der Waals surface area contributed by atoms with Gasteiger partial charge in [-0.25, -0.2) is 4.79 Å². The minimum absolute atomic E-state index is 0.00712. The molecule has 0 bridgehead atoms. The molecular formula is C17H23NO5. The monoisotopic (exact) mass is 321 g/mol. The first-order valence-electron chi connectivity index (χ1n) is 7.98.